The van der Waals surface area contributed by atoms with Gasteiger partial charge >= 0.3 is 17.8 Å². The van der Waals surface area contributed by atoms with Crippen LogP contribution in [0.3, 0.4) is 0 Å². The Morgan fingerprint density at radius 1 is 1.16 bits per heavy atom. The van der Waals surface area contributed by atoms with Crippen molar-refractivity contribution in [1.82, 2.24) is 34.1 Å². The third-order valence-corrected chi connectivity index (χ3v) is 5.55. The Bertz CT molecular complexity index is 1480. The highest BCUT2D eigenvalue weighted by molar-refractivity contribution is 6.30. The summed E-state index contributed by atoms with van der Waals surface area (Å²) in [6, 6.07) is 11.0. The number of hydrogen-bond acceptors (Lipinski definition) is 8. The van der Waals surface area contributed by atoms with Crippen molar-refractivity contribution in [3.8, 4) is 17.2 Å². The second-order valence-electron chi connectivity index (χ2n) is 8.18. The molecule has 38 heavy (non-hydrogen) atoms. The van der Waals surface area contributed by atoms with Crippen LogP contribution < -0.4 is 5.69 Å². The molecule has 0 aliphatic heterocycles. The van der Waals surface area contributed by atoms with Gasteiger partial charge in [-0.3, -0.25) is 9.36 Å². The maximum absolute atomic E-state index is 13.2. The molecule has 3 aromatic heterocycles. The molecule has 1 aromatic carbocycles. The van der Waals surface area contributed by atoms with Crippen LogP contribution in [0.4, 0.5) is 13.2 Å². The van der Waals surface area contributed by atoms with Crippen molar-refractivity contribution in [3.63, 3.8) is 0 Å². The summed E-state index contributed by atoms with van der Waals surface area (Å²) in [5.41, 5.74) is -0.627. The summed E-state index contributed by atoms with van der Waals surface area (Å²) in [4.78, 5) is 33.3. The number of aromatic nitrogens is 7. The predicted octanol–water partition coefficient (Wildman–Crippen LogP) is 2.94. The fourth-order valence-electron chi connectivity index (χ4n) is 3.58. The number of carbonyl (C=O) groups excluding carboxylic acids is 1. The van der Waals surface area contributed by atoms with Gasteiger partial charge in [0, 0.05) is 23.7 Å². The molecule has 3 heterocycles. The molecule has 0 radical (unpaired) electrons. The van der Waals surface area contributed by atoms with E-state index in [-0.39, 0.29) is 24.0 Å². The number of halogens is 4. The zero-order valence-electron chi connectivity index (χ0n) is 20.0. The Labute approximate surface area is 218 Å². The van der Waals surface area contributed by atoms with Gasteiger partial charge < -0.3 is 9.84 Å². The number of aliphatic hydroxyl groups is 1. The number of ether oxygens (including phenoxy) is 1. The first-order chi connectivity index (χ1) is 17.9. The van der Waals surface area contributed by atoms with Crippen molar-refractivity contribution in [1.29, 1.82) is 0 Å². The van der Waals surface area contributed by atoms with Crippen molar-refractivity contribution >= 4 is 17.6 Å². The van der Waals surface area contributed by atoms with Gasteiger partial charge in [-0.05, 0) is 43.3 Å². The van der Waals surface area contributed by atoms with E-state index in [1.807, 2.05) is 0 Å². The number of aliphatic hydroxyl groups excluding tert-OH is 1. The number of benzene rings is 1. The summed E-state index contributed by atoms with van der Waals surface area (Å²) in [6.07, 6.45) is -7.07. The van der Waals surface area contributed by atoms with Gasteiger partial charge in [0.15, 0.2) is 35.5 Å². The lowest BCUT2D eigenvalue weighted by atomic mass is 10.2. The molecule has 0 unspecified atom stereocenters. The molecule has 1 N–H and O–H groups in total. The first kappa shape index (κ1) is 27.0. The van der Waals surface area contributed by atoms with Crippen LogP contribution in [-0.2, 0) is 22.6 Å². The minimum absolute atomic E-state index is 0.0513. The van der Waals surface area contributed by atoms with Gasteiger partial charge in [0.2, 0.25) is 0 Å². The van der Waals surface area contributed by atoms with Crippen LogP contribution in [0.5, 0.6) is 0 Å². The lowest BCUT2D eigenvalue weighted by molar-refractivity contribution is -0.207. The molecule has 0 spiro atoms. The van der Waals surface area contributed by atoms with Gasteiger partial charge in [-0.2, -0.15) is 17.9 Å². The van der Waals surface area contributed by atoms with Crippen molar-refractivity contribution < 1.29 is 27.8 Å². The first-order valence-corrected chi connectivity index (χ1v) is 11.5. The molecule has 0 bridgehead atoms. The lowest BCUT2D eigenvalue weighted by Crippen LogP contribution is -2.37. The highest BCUT2D eigenvalue weighted by Gasteiger charge is 2.39. The molecule has 0 amide bonds. The molecule has 0 saturated carbocycles. The third-order valence-electron chi connectivity index (χ3n) is 5.30. The summed E-state index contributed by atoms with van der Waals surface area (Å²) in [7, 11) is 0. The maximum atomic E-state index is 13.2. The molecule has 200 valence electrons. The summed E-state index contributed by atoms with van der Waals surface area (Å²) >= 11 is 5.91. The van der Waals surface area contributed by atoms with Crippen LogP contribution >= 0.6 is 11.6 Å². The average molecular weight is 552 g/mol. The van der Waals surface area contributed by atoms with Gasteiger partial charge in [-0.1, -0.05) is 17.7 Å². The number of esters is 1. The van der Waals surface area contributed by atoms with Crippen molar-refractivity contribution in [3.05, 3.63) is 75.8 Å². The van der Waals surface area contributed by atoms with E-state index in [9.17, 15) is 27.9 Å². The van der Waals surface area contributed by atoms with Crippen LogP contribution in [0, 0.1) is 0 Å². The van der Waals surface area contributed by atoms with Crippen LogP contribution in [-0.4, -0.2) is 57.5 Å². The van der Waals surface area contributed by atoms with E-state index in [1.54, 1.807) is 25.1 Å². The third kappa shape index (κ3) is 5.92. The average Bonchev–Trinajstić information content (AvgIpc) is 3.41. The number of nitrogens with zero attached hydrogens (tertiary/aromatic N) is 7. The zero-order chi connectivity index (χ0) is 27.6. The summed E-state index contributed by atoms with van der Waals surface area (Å²) < 4.78 is 47.5. The van der Waals surface area contributed by atoms with E-state index in [4.69, 9.17) is 16.3 Å². The molecule has 4 aromatic rings. The van der Waals surface area contributed by atoms with Crippen LogP contribution in [0.1, 0.15) is 31.6 Å². The molecule has 2 atom stereocenters. The molecule has 0 saturated heterocycles. The van der Waals surface area contributed by atoms with Gasteiger partial charge in [0.25, 0.3) is 0 Å². The smallest absolute Gasteiger partial charge is 0.416 e. The Balaban J connectivity index is 1.77. The van der Waals surface area contributed by atoms with Crippen molar-refractivity contribution in [2.45, 2.75) is 45.3 Å². The van der Waals surface area contributed by atoms with E-state index < -0.39 is 36.6 Å². The molecule has 0 aliphatic rings. The van der Waals surface area contributed by atoms with E-state index >= 15 is 0 Å². The van der Waals surface area contributed by atoms with Gasteiger partial charge in [0.1, 0.15) is 6.54 Å². The Hall–Kier alpha value is -4.04. The van der Waals surface area contributed by atoms with E-state index in [0.717, 1.165) is 9.25 Å². The Morgan fingerprint density at radius 3 is 2.47 bits per heavy atom. The highest BCUT2D eigenvalue weighted by atomic mass is 35.5. The maximum Gasteiger partial charge on any atom is 0.416 e. The van der Waals surface area contributed by atoms with E-state index in [1.165, 1.54) is 42.1 Å². The molecular weight excluding hydrogens is 531 g/mol. The minimum atomic E-state index is -4.95. The van der Waals surface area contributed by atoms with E-state index in [2.05, 4.69) is 20.2 Å². The quantitative estimate of drug-likeness (QED) is 0.331. The molecule has 0 aliphatic carbocycles. The number of alkyl halides is 3. The number of pyridine rings is 1. The van der Waals surface area contributed by atoms with Crippen molar-refractivity contribution in [2.75, 3.05) is 0 Å². The largest absolute Gasteiger partial charge is 0.455 e. The number of carbonyl (C=O) groups is 1. The number of hydrogen-bond donors (Lipinski definition) is 1. The Kier molecular flexibility index (Phi) is 7.64. The molecule has 11 nitrogen and oxygen atoms in total. The van der Waals surface area contributed by atoms with Gasteiger partial charge in [0.05, 0.1) is 6.54 Å². The Morgan fingerprint density at radius 2 is 1.87 bits per heavy atom. The lowest BCUT2D eigenvalue weighted by Gasteiger charge is -2.15. The molecule has 15 heteroatoms. The monoisotopic (exact) mass is 551 g/mol. The summed E-state index contributed by atoms with van der Waals surface area (Å²) in [5.74, 6) is -0.0662. The molecule has 0 fully saturated rings. The molecule has 4 rings (SSSR count). The zero-order valence-corrected chi connectivity index (χ0v) is 20.8. The first-order valence-electron chi connectivity index (χ1n) is 11.2. The van der Waals surface area contributed by atoms with Gasteiger partial charge in [-0.25, -0.2) is 19.4 Å². The summed E-state index contributed by atoms with van der Waals surface area (Å²) in [6.45, 7) is 1.39. The normalized spacial score (nSPS) is 13.3. The highest BCUT2D eigenvalue weighted by Crippen LogP contribution is 2.24. The van der Waals surface area contributed by atoms with Crippen LogP contribution in [0.2, 0.25) is 5.02 Å². The second-order valence-corrected chi connectivity index (χ2v) is 8.61. The van der Waals surface area contributed by atoms with Crippen LogP contribution in [0.15, 0.2) is 53.5 Å². The SMILES string of the molecule is CC(=O)O[C@@H](C)c1nc(Cn2nc(-c3ccc(Cl)cc3)n(C[C@H](O)C(F)(F)F)c2=O)nn1-c1ccccn1. The van der Waals surface area contributed by atoms with Gasteiger partial charge in [-0.15, -0.1) is 10.2 Å². The standard InChI is InChI=1S/C23H21ClF3N7O4/c1-13(38-14(2)35)20-29-18(30-34(20)19-5-3-4-10-28-19)12-33-22(37)32(11-17(36)23(25,26)27)21(31-33)15-6-8-16(24)9-7-15/h3-10,13,17,36H,11-12H2,1-2H3/t13-,17-/m0/s1. The fraction of sp³-hybridized carbons (Fsp3) is 0.304. The summed E-state index contributed by atoms with van der Waals surface area (Å²) in [5, 5.41) is 18.6. The molecular formula is C23H21ClF3N7O4. The fourth-order valence-corrected chi connectivity index (χ4v) is 3.71. The van der Waals surface area contributed by atoms with E-state index in [0.29, 0.717) is 16.4 Å². The number of rotatable bonds is 8. The topological polar surface area (TPSA) is 130 Å². The minimum Gasteiger partial charge on any atom is -0.455 e. The second kappa shape index (κ2) is 10.8. The predicted molar refractivity (Wildman–Crippen MR) is 127 cm³/mol. The van der Waals surface area contributed by atoms with Crippen LogP contribution in [0.25, 0.3) is 17.2 Å². The van der Waals surface area contributed by atoms with Crippen molar-refractivity contribution in [2.24, 2.45) is 0 Å².